The summed E-state index contributed by atoms with van der Waals surface area (Å²) in [5.74, 6) is 2.16. The predicted molar refractivity (Wildman–Crippen MR) is 89.0 cm³/mol. The molecule has 3 aromatic rings. The lowest BCUT2D eigenvalue weighted by Gasteiger charge is -2.07. The highest BCUT2D eigenvalue weighted by atomic mass is 16.5. The van der Waals surface area contributed by atoms with Gasteiger partial charge in [-0.2, -0.15) is 0 Å². The Hall–Kier alpha value is -3.29. The van der Waals surface area contributed by atoms with E-state index in [9.17, 15) is 4.79 Å². The first-order chi connectivity index (χ1) is 12.0. The fourth-order valence-electron chi connectivity index (χ4n) is 2.38. The molecule has 1 N–H and O–H groups in total. The first-order valence-electron chi connectivity index (χ1n) is 7.46. The first-order valence-corrected chi connectivity index (χ1v) is 7.46. The molecule has 130 valence electrons. The van der Waals surface area contributed by atoms with Crippen molar-refractivity contribution in [2.45, 2.75) is 13.8 Å². The molecule has 8 nitrogen and oxygen atoms in total. The monoisotopic (exact) mass is 343 g/mol. The number of nitrogens with one attached hydrogen (secondary N) is 1. The lowest BCUT2D eigenvalue weighted by atomic mass is 10.2. The van der Waals surface area contributed by atoms with Crippen molar-refractivity contribution in [3.05, 3.63) is 41.3 Å². The number of ether oxygens (including phenoxy) is 2. The van der Waals surface area contributed by atoms with Crippen molar-refractivity contribution in [3.8, 4) is 23.0 Å². The van der Waals surface area contributed by atoms with Crippen molar-refractivity contribution in [1.82, 2.24) is 10.2 Å². The van der Waals surface area contributed by atoms with E-state index in [1.165, 1.54) is 7.11 Å². The number of aryl methyl sites for hydroxylation is 2. The number of hydrogen-bond acceptors (Lipinski definition) is 7. The number of benzene rings is 1. The van der Waals surface area contributed by atoms with Crippen molar-refractivity contribution < 1.29 is 23.1 Å². The number of hydrogen-bond donors (Lipinski definition) is 1. The smallest absolute Gasteiger partial charge is 0.322 e. The highest BCUT2D eigenvalue weighted by Crippen LogP contribution is 2.33. The molecule has 0 aliphatic rings. The van der Waals surface area contributed by atoms with Crippen molar-refractivity contribution in [1.29, 1.82) is 0 Å². The zero-order chi connectivity index (χ0) is 18.0. The largest absolute Gasteiger partial charge is 0.497 e. The molecule has 0 aliphatic heterocycles. The molecule has 0 aliphatic carbocycles. The predicted octanol–water partition coefficient (Wildman–Crippen LogP) is 3.22. The summed E-state index contributed by atoms with van der Waals surface area (Å²) in [6.45, 7) is 3.48. The van der Waals surface area contributed by atoms with E-state index in [2.05, 4.69) is 15.5 Å². The molecule has 0 bridgehead atoms. The summed E-state index contributed by atoms with van der Waals surface area (Å²) in [4.78, 5) is 12.3. The number of methoxy groups -OCH3 is 2. The van der Waals surface area contributed by atoms with E-state index < -0.39 is 0 Å². The van der Waals surface area contributed by atoms with Crippen LogP contribution in [0.2, 0.25) is 0 Å². The third-order valence-corrected chi connectivity index (χ3v) is 3.57. The fourth-order valence-corrected chi connectivity index (χ4v) is 2.38. The van der Waals surface area contributed by atoms with Gasteiger partial charge in [0.15, 0.2) is 0 Å². The minimum absolute atomic E-state index is 0.0175. The molecule has 2 aromatic heterocycles. The van der Waals surface area contributed by atoms with Crippen LogP contribution in [-0.4, -0.2) is 30.3 Å². The van der Waals surface area contributed by atoms with Gasteiger partial charge in [-0.1, -0.05) is 5.10 Å². The van der Waals surface area contributed by atoms with Crippen LogP contribution in [0.15, 0.2) is 33.1 Å². The first kappa shape index (κ1) is 16.6. The van der Waals surface area contributed by atoms with Crippen LogP contribution in [-0.2, 0) is 0 Å². The number of furan rings is 1. The van der Waals surface area contributed by atoms with Crippen molar-refractivity contribution in [2.75, 3.05) is 19.5 Å². The van der Waals surface area contributed by atoms with Crippen molar-refractivity contribution in [3.63, 3.8) is 0 Å². The third-order valence-electron chi connectivity index (χ3n) is 3.57. The number of carbonyl (C=O) groups is 1. The quantitative estimate of drug-likeness (QED) is 0.759. The Kier molecular flexibility index (Phi) is 4.42. The second kappa shape index (κ2) is 6.68. The average Bonchev–Trinajstić information content (AvgIpc) is 3.20. The van der Waals surface area contributed by atoms with E-state index >= 15 is 0 Å². The molecule has 0 saturated carbocycles. The van der Waals surface area contributed by atoms with E-state index in [-0.39, 0.29) is 17.8 Å². The summed E-state index contributed by atoms with van der Waals surface area (Å²) in [6.07, 6.45) is 0. The van der Waals surface area contributed by atoms with Gasteiger partial charge < -0.3 is 18.3 Å². The fraction of sp³-hybridized carbons (Fsp3) is 0.235. The standard InChI is InChI=1S/C17H17N3O5/c1-9-7-13(10(2)24-9)15(21)18-17-20-19-16(25-17)12-6-5-11(22-3)8-14(12)23-4/h5-8H,1-4H3,(H,18,20,21). The van der Waals surface area contributed by atoms with Gasteiger partial charge in [0.2, 0.25) is 0 Å². The van der Waals surface area contributed by atoms with Crippen LogP contribution in [0, 0.1) is 13.8 Å². The zero-order valence-corrected chi connectivity index (χ0v) is 14.2. The lowest BCUT2D eigenvalue weighted by Crippen LogP contribution is -2.12. The Balaban J connectivity index is 1.83. The maximum Gasteiger partial charge on any atom is 0.322 e. The van der Waals surface area contributed by atoms with Crippen molar-refractivity contribution >= 4 is 11.9 Å². The van der Waals surface area contributed by atoms with Crippen LogP contribution < -0.4 is 14.8 Å². The number of carbonyl (C=O) groups excluding carboxylic acids is 1. The molecule has 0 spiro atoms. The molecule has 25 heavy (non-hydrogen) atoms. The van der Waals surface area contributed by atoms with Crippen LogP contribution in [0.25, 0.3) is 11.5 Å². The van der Waals surface area contributed by atoms with Gasteiger partial charge in [0.25, 0.3) is 11.8 Å². The molecule has 1 amide bonds. The minimum Gasteiger partial charge on any atom is -0.497 e. The molecule has 0 atom stereocenters. The van der Waals surface area contributed by atoms with Crippen LogP contribution in [0.4, 0.5) is 6.01 Å². The molecule has 0 saturated heterocycles. The molecule has 0 fully saturated rings. The van der Waals surface area contributed by atoms with Gasteiger partial charge in [0.1, 0.15) is 23.0 Å². The van der Waals surface area contributed by atoms with E-state index in [0.717, 1.165) is 0 Å². The highest BCUT2D eigenvalue weighted by Gasteiger charge is 2.18. The van der Waals surface area contributed by atoms with Gasteiger partial charge in [0.05, 0.1) is 25.3 Å². The summed E-state index contributed by atoms with van der Waals surface area (Å²) >= 11 is 0. The zero-order valence-electron chi connectivity index (χ0n) is 14.2. The summed E-state index contributed by atoms with van der Waals surface area (Å²) in [5.41, 5.74) is 1.01. The number of nitrogens with zero attached hydrogens (tertiary/aromatic N) is 2. The van der Waals surface area contributed by atoms with E-state index in [4.69, 9.17) is 18.3 Å². The number of aromatic nitrogens is 2. The van der Waals surface area contributed by atoms with Crippen LogP contribution >= 0.6 is 0 Å². The van der Waals surface area contributed by atoms with Gasteiger partial charge in [-0.3, -0.25) is 10.1 Å². The third kappa shape index (κ3) is 3.32. The van der Waals surface area contributed by atoms with Crippen LogP contribution in [0.1, 0.15) is 21.9 Å². The van der Waals surface area contributed by atoms with Crippen LogP contribution in [0.3, 0.4) is 0 Å². The minimum atomic E-state index is -0.383. The molecular weight excluding hydrogens is 326 g/mol. The summed E-state index contributed by atoms with van der Waals surface area (Å²) in [6, 6.07) is 6.82. The Morgan fingerprint density at radius 1 is 1.08 bits per heavy atom. The van der Waals surface area contributed by atoms with E-state index in [1.807, 2.05) is 0 Å². The number of rotatable bonds is 5. The van der Waals surface area contributed by atoms with Crippen LogP contribution in [0.5, 0.6) is 11.5 Å². The Morgan fingerprint density at radius 3 is 2.52 bits per heavy atom. The Bertz CT molecular complexity index is 913. The molecule has 3 rings (SSSR count). The van der Waals surface area contributed by atoms with E-state index in [0.29, 0.717) is 34.1 Å². The van der Waals surface area contributed by atoms with Gasteiger partial charge in [-0.15, -0.1) is 5.10 Å². The van der Waals surface area contributed by atoms with Gasteiger partial charge in [-0.25, -0.2) is 0 Å². The average molecular weight is 343 g/mol. The topological polar surface area (TPSA) is 99.6 Å². The van der Waals surface area contributed by atoms with Gasteiger partial charge >= 0.3 is 6.01 Å². The molecular formula is C17H17N3O5. The summed E-state index contributed by atoms with van der Waals surface area (Å²) in [5, 5.41) is 10.4. The Morgan fingerprint density at radius 2 is 1.88 bits per heavy atom. The molecule has 0 unspecified atom stereocenters. The molecule has 1 aromatic carbocycles. The lowest BCUT2D eigenvalue weighted by molar-refractivity contribution is 0.102. The highest BCUT2D eigenvalue weighted by molar-refractivity contribution is 6.03. The second-order valence-electron chi connectivity index (χ2n) is 5.26. The van der Waals surface area contributed by atoms with Gasteiger partial charge in [0, 0.05) is 6.07 Å². The maximum absolute atomic E-state index is 12.3. The van der Waals surface area contributed by atoms with Gasteiger partial charge in [-0.05, 0) is 32.0 Å². The SMILES string of the molecule is COc1ccc(-c2nnc(NC(=O)c3cc(C)oc3C)o2)c(OC)c1. The molecule has 8 heteroatoms. The summed E-state index contributed by atoms with van der Waals surface area (Å²) < 4.78 is 21.3. The molecule has 0 radical (unpaired) electrons. The molecule has 2 heterocycles. The summed E-state index contributed by atoms with van der Waals surface area (Å²) in [7, 11) is 3.09. The Labute approximate surface area is 143 Å². The number of anilines is 1. The van der Waals surface area contributed by atoms with Crippen molar-refractivity contribution in [2.24, 2.45) is 0 Å². The normalized spacial score (nSPS) is 10.6. The maximum atomic E-state index is 12.3. The van der Waals surface area contributed by atoms with E-state index in [1.54, 1.807) is 45.2 Å². The second-order valence-corrected chi connectivity index (χ2v) is 5.26. The number of amides is 1.